The summed E-state index contributed by atoms with van der Waals surface area (Å²) in [4.78, 5) is 15.2. The third-order valence-electron chi connectivity index (χ3n) is 4.54. The number of aryl methyl sites for hydroxylation is 1. The third kappa shape index (κ3) is 2.44. The van der Waals surface area contributed by atoms with Gasteiger partial charge in [0.15, 0.2) is 11.4 Å². The van der Waals surface area contributed by atoms with Crippen LogP contribution in [0, 0.1) is 24.7 Å². The van der Waals surface area contributed by atoms with E-state index in [1.54, 1.807) is 19.1 Å². The fraction of sp³-hybridized carbons (Fsp3) is 0.600. The molecule has 3 rings (SSSR count). The van der Waals surface area contributed by atoms with Crippen LogP contribution >= 0.6 is 0 Å². The van der Waals surface area contributed by atoms with Crippen molar-refractivity contribution in [2.45, 2.75) is 32.6 Å². The summed E-state index contributed by atoms with van der Waals surface area (Å²) in [7, 11) is 0. The third-order valence-corrected chi connectivity index (χ3v) is 4.54. The van der Waals surface area contributed by atoms with E-state index >= 15 is 0 Å². The van der Waals surface area contributed by atoms with Crippen LogP contribution in [0.25, 0.3) is 0 Å². The average Bonchev–Trinajstić information content (AvgIpc) is 2.99. The van der Waals surface area contributed by atoms with Crippen molar-refractivity contribution in [3.63, 3.8) is 0 Å². The van der Waals surface area contributed by atoms with Crippen molar-refractivity contribution in [1.82, 2.24) is 4.98 Å². The van der Waals surface area contributed by atoms with E-state index in [0.29, 0.717) is 24.0 Å². The number of hydrogen-bond donors (Lipinski definition) is 1. The minimum atomic E-state index is -1.02. The molecule has 0 aliphatic heterocycles. The molecule has 102 valence electrons. The van der Waals surface area contributed by atoms with E-state index in [0.717, 1.165) is 11.8 Å². The second-order valence-electron chi connectivity index (χ2n) is 5.85. The summed E-state index contributed by atoms with van der Waals surface area (Å²) >= 11 is 0. The smallest absolute Gasteiger partial charge is 0.358 e. The molecule has 1 aromatic rings. The van der Waals surface area contributed by atoms with Gasteiger partial charge in [0.2, 0.25) is 0 Å². The first-order valence-corrected chi connectivity index (χ1v) is 6.97. The fourth-order valence-corrected chi connectivity index (χ4v) is 3.59. The highest BCUT2D eigenvalue weighted by Gasteiger charge is 2.39. The molecule has 4 nitrogen and oxygen atoms in total. The van der Waals surface area contributed by atoms with Crippen molar-refractivity contribution in [3.8, 4) is 5.75 Å². The summed E-state index contributed by atoms with van der Waals surface area (Å²) in [5.41, 5.74) is 0.729. The molecule has 0 aromatic carbocycles. The largest absolute Gasteiger partial charge is 0.491 e. The lowest BCUT2D eigenvalue weighted by Gasteiger charge is -2.22. The van der Waals surface area contributed by atoms with Gasteiger partial charge in [0.1, 0.15) is 0 Å². The number of hydrogen-bond acceptors (Lipinski definition) is 3. The zero-order chi connectivity index (χ0) is 13.4. The van der Waals surface area contributed by atoms with E-state index in [2.05, 4.69) is 4.98 Å². The maximum atomic E-state index is 11.2. The topological polar surface area (TPSA) is 59.4 Å². The lowest BCUT2D eigenvalue weighted by Crippen LogP contribution is -2.19. The summed E-state index contributed by atoms with van der Waals surface area (Å²) in [6, 6.07) is 3.52. The van der Waals surface area contributed by atoms with Crippen LogP contribution in [0.2, 0.25) is 0 Å². The number of carboxylic acids is 1. The number of rotatable bonds is 4. The highest BCUT2D eigenvalue weighted by molar-refractivity contribution is 5.88. The Balaban J connectivity index is 1.68. The summed E-state index contributed by atoms with van der Waals surface area (Å²) < 4.78 is 5.75. The molecule has 1 heterocycles. The Morgan fingerprint density at radius 2 is 2.26 bits per heavy atom. The number of aromatic carboxylic acids is 1. The zero-order valence-electron chi connectivity index (χ0n) is 11.1. The van der Waals surface area contributed by atoms with E-state index in [-0.39, 0.29) is 5.69 Å². The SMILES string of the molecule is Cc1ccc(OCC2CC3CCC2C3)c(C(=O)O)n1. The van der Waals surface area contributed by atoms with Gasteiger partial charge >= 0.3 is 5.97 Å². The molecule has 0 radical (unpaired) electrons. The first-order chi connectivity index (χ1) is 9.13. The van der Waals surface area contributed by atoms with Gasteiger partial charge in [-0.2, -0.15) is 0 Å². The maximum absolute atomic E-state index is 11.2. The van der Waals surface area contributed by atoms with E-state index in [1.807, 2.05) is 0 Å². The van der Waals surface area contributed by atoms with Gasteiger partial charge in [0.05, 0.1) is 6.61 Å². The van der Waals surface area contributed by atoms with Gasteiger partial charge in [-0.1, -0.05) is 6.42 Å². The van der Waals surface area contributed by atoms with Crippen LogP contribution in [0.4, 0.5) is 0 Å². The molecule has 0 amide bonds. The van der Waals surface area contributed by atoms with Crippen LogP contribution in [0.1, 0.15) is 41.9 Å². The monoisotopic (exact) mass is 261 g/mol. The fourth-order valence-electron chi connectivity index (χ4n) is 3.59. The molecule has 2 fully saturated rings. The van der Waals surface area contributed by atoms with E-state index < -0.39 is 5.97 Å². The predicted octanol–water partition coefficient (Wildman–Crippen LogP) is 2.90. The molecule has 19 heavy (non-hydrogen) atoms. The van der Waals surface area contributed by atoms with E-state index in [1.165, 1.54) is 25.7 Å². The summed E-state index contributed by atoms with van der Waals surface area (Å²) in [6.07, 6.45) is 5.27. The van der Waals surface area contributed by atoms with Crippen LogP contribution in [0.5, 0.6) is 5.75 Å². The number of fused-ring (bicyclic) bond motifs is 2. The molecule has 2 aliphatic rings. The number of aromatic nitrogens is 1. The molecule has 4 heteroatoms. The van der Waals surface area contributed by atoms with Crippen molar-refractivity contribution >= 4 is 5.97 Å². The maximum Gasteiger partial charge on any atom is 0.358 e. The number of pyridine rings is 1. The van der Waals surface area contributed by atoms with Crippen molar-refractivity contribution in [2.24, 2.45) is 17.8 Å². The van der Waals surface area contributed by atoms with Gasteiger partial charge < -0.3 is 9.84 Å². The van der Waals surface area contributed by atoms with Crippen LogP contribution in [-0.2, 0) is 0 Å². The lowest BCUT2D eigenvalue weighted by molar-refractivity contribution is 0.0683. The summed E-state index contributed by atoms with van der Waals surface area (Å²) in [6.45, 7) is 2.42. The molecular formula is C15H19NO3. The first-order valence-electron chi connectivity index (χ1n) is 6.97. The Hall–Kier alpha value is -1.58. The minimum Gasteiger partial charge on any atom is -0.491 e. The quantitative estimate of drug-likeness (QED) is 0.905. The Bertz CT molecular complexity index is 500. The van der Waals surface area contributed by atoms with Crippen molar-refractivity contribution < 1.29 is 14.6 Å². The molecule has 1 aromatic heterocycles. The average molecular weight is 261 g/mol. The van der Waals surface area contributed by atoms with Gasteiger partial charge in [-0.15, -0.1) is 0 Å². The molecule has 2 bridgehead atoms. The molecule has 2 aliphatic carbocycles. The van der Waals surface area contributed by atoms with Crippen LogP contribution in [-0.4, -0.2) is 22.7 Å². The normalized spacial score (nSPS) is 28.6. The summed E-state index contributed by atoms with van der Waals surface area (Å²) in [5, 5.41) is 9.14. The Morgan fingerprint density at radius 3 is 2.89 bits per heavy atom. The van der Waals surface area contributed by atoms with Gasteiger partial charge in [-0.25, -0.2) is 9.78 Å². The number of carboxylic acid groups (broad SMARTS) is 1. The second-order valence-corrected chi connectivity index (χ2v) is 5.85. The molecule has 0 spiro atoms. The van der Waals surface area contributed by atoms with Crippen LogP contribution in [0.3, 0.4) is 0 Å². The van der Waals surface area contributed by atoms with Crippen molar-refractivity contribution in [3.05, 3.63) is 23.5 Å². The highest BCUT2D eigenvalue weighted by atomic mass is 16.5. The number of nitrogens with zero attached hydrogens (tertiary/aromatic N) is 1. The van der Waals surface area contributed by atoms with Crippen LogP contribution < -0.4 is 4.74 Å². The standard InChI is InChI=1S/C15H19NO3/c1-9-2-5-13(14(16-9)15(17)18)19-8-12-7-10-3-4-11(12)6-10/h2,5,10-12H,3-4,6-8H2,1H3,(H,17,18). The molecule has 3 atom stereocenters. The Labute approximate surface area is 112 Å². The highest BCUT2D eigenvalue weighted by Crippen LogP contribution is 2.48. The number of carbonyl (C=O) groups is 1. The van der Waals surface area contributed by atoms with Crippen molar-refractivity contribution in [1.29, 1.82) is 0 Å². The molecular weight excluding hydrogens is 242 g/mol. The Kier molecular flexibility index (Phi) is 3.17. The first kappa shape index (κ1) is 12.5. The molecule has 0 saturated heterocycles. The minimum absolute atomic E-state index is 0.0307. The van der Waals surface area contributed by atoms with Crippen molar-refractivity contribution in [2.75, 3.05) is 6.61 Å². The Morgan fingerprint density at radius 1 is 1.42 bits per heavy atom. The lowest BCUT2D eigenvalue weighted by atomic mass is 9.89. The zero-order valence-corrected chi connectivity index (χ0v) is 11.1. The van der Waals surface area contributed by atoms with Gasteiger partial charge in [0.25, 0.3) is 0 Å². The van der Waals surface area contributed by atoms with Gasteiger partial charge in [0, 0.05) is 5.69 Å². The number of ether oxygens (including phenoxy) is 1. The van der Waals surface area contributed by atoms with E-state index in [9.17, 15) is 4.79 Å². The van der Waals surface area contributed by atoms with Gasteiger partial charge in [-0.05, 0) is 56.1 Å². The predicted molar refractivity (Wildman–Crippen MR) is 70.4 cm³/mol. The molecule has 1 N–H and O–H groups in total. The van der Waals surface area contributed by atoms with Crippen LogP contribution in [0.15, 0.2) is 12.1 Å². The summed E-state index contributed by atoms with van der Waals surface area (Å²) in [5.74, 6) is 1.65. The second kappa shape index (κ2) is 4.83. The van der Waals surface area contributed by atoms with Gasteiger partial charge in [-0.3, -0.25) is 0 Å². The molecule has 2 saturated carbocycles. The molecule has 3 unspecified atom stereocenters. The van der Waals surface area contributed by atoms with E-state index in [4.69, 9.17) is 9.84 Å².